The summed E-state index contributed by atoms with van der Waals surface area (Å²) in [5.74, 6) is -0.481. The molecule has 1 aromatic carbocycles. The molecule has 27 heavy (non-hydrogen) atoms. The Balaban J connectivity index is 1.70. The summed E-state index contributed by atoms with van der Waals surface area (Å²) in [5, 5.41) is 5.57. The van der Waals surface area contributed by atoms with Gasteiger partial charge in [0.25, 0.3) is 0 Å². The van der Waals surface area contributed by atoms with E-state index in [0.29, 0.717) is 5.56 Å². The lowest BCUT2D eigenvalue weighted by molar-refractivity contribution is -0.126. The number of ketones is 1. The van der Waals surface area contributed by atoms with E-state index in [4.69, 9.17) is 0 Å². The molecule has 2 N–H and O–H groups in total. The highest BCUT2D eigenvalue weighted by Gasteiger charge is 2.17. The average Bonchev–Trinajstić information content (AvgIpc) is 2.64. The third-order valence-electron chi connectivity index (χ3n) is 5.07. The van der Waals surface area contributed by atoms with Crippen LogP contribution in [0.2, 0.25) is 0 Å². The van der Waals surface area contributed by atoms with Gasteiger partial charge in [-0.05, 0) is 23.8 Å². The Morgan fingerprint density at radius 2 is 1.56 bits per heavy atom. The molecule has 0 heterocycles. The van der Waals surface area contributed by atoms with Gasteiger partial charge in [-0.15, -0.1) is 0 Å². The maximum Gasteiger partial charge on any atom is 0.239 e. The number of Topliss-reactive ketones (excluding diaryl/α,β-unsaturated/α-hetero) is 1. The maximum absolute atomic E-state index is 12.3. The minimum absolute atomic E-state index is 0.0240. The van der Waals surface area contributed by atoms with E-state index in [9.17, 15) is 14.4 Å². The first kappa shape index (κ1) is 21.1. The van der Waals surface area contributed by atoms with Crippen molar-refractivity contribution in [1.82, 2.24) is 10.6 Å². The Bertz CT molecular complexity index is 653. The zero-order valence-electron chi connectivity index (χ0n) is 16.8. The Hall–Kier alpha value is -2.17. The van der Waals surface area contributed by atoms with Crippen LogP contribution in [0.4, 0.5) is 0 Å². The second kappa shape index (κ2) is 9.67. The number of amides is 2. The van der Waals surface area contributed by atoms with Crippen molar-refractivity contribution < 1.29 is 14.4 Å². The first-order valence-electron chi connectivity index (χ1n) is 9.95. The number of nitrogens with one attached hydrogen (secondary N) is 2. The molecule has 5 heteroatoms. The normalized spacial score (nSPS) is 15.2. The summed E-state index contributed by atoms with van der Waals surface area (Å²) < 4.78 is 0. The van der Waals surface area contributed by atoms with Crippen LogP contribution >= 0.6 is 0 Å². The summed E-state index contributed by atoms with van der Waals surface area (Å²) in [7, 11) is 0. The van der Waals surface area contributed by atoms with Crippen LogP contribution in [0.5, 0.6) is 0 Å². The van der Waals surface area contributed by atoms with Gasteiger partial charge in [0.15, 0.2) is 5.78 Å². The first-order chi connectivity index (χ1) is 12.8. The molecular formula is C22H32N2O3. The van der Waals surface area contributed by atoms with Crippen LogP contribution < -0.4 is 10.6 Å². The van der Waals surface area contributed by atoms with E-state index in [2.05, 4.69) is 31.4 Å². The van der Waals surface area contributed by atoms with Gasteiger partial charge in [-0.1, -0.05) is 64.3 Å². The van der Waals surface area contributed by atoms with Gasteiger partial charge in [0.05, 0.1) is 6.54 Å². The molecule has 0 saturated heterocycles. The quantitative estimate of drug-likeness (QED) is 0.719. The van der Waals surface area contributed by atoms with Crippen molar-refractivity contribution in [2.24, 2.45) is 0 Å². The molecule has 0 aliphatic heterocycles. The van der Waals surface area contributed by atoms with Crippen molar-refractivity contribution in [3.05, 3.63) is 35.4 Å². The molecule has 0 spiro atoms. The minimum Gasteiger partial charge on any atom is -0.352 e. The van der Waals surface area contributed by atoms with E-state index < -0.39 is 0 Å². The number of carbonyl (C=O) groups is 3. The molecule has 2 amide bonds. The van der Waals surface area contributed by atoms with Crippen LogP contribution in [0.15, 0.2) is 24.3 Å². The topological polar surface area (TPSA) is 75.3 Å². The van der Waals surface area contributed by atoms with Gasteiger partial charge in [0.1, 0.15) is 0 Å². The second-order valence-corrected chi connectivity index (χ2v) is 8.43. The zero-order chi connectivity index (χ0) is 19.9. The molecule has 2 rings (SSSR count). The summed E-state index contributed by atoms with van der Waals surface area (Å²) in [6.45, 7) is 6.35. The van der Waals surface area contributed by atoms with Crippen LogP contribution in [0, 0.1) is 0 Å². The number of hydrogen-bond donors (Lipinski definition) is 2. The van der Waals surface area contributed by atoms with E-state index in [1.807, 2.05) is 24.3 Å². The molecule has 1 fully saturated rings. The molecular weight excluding hydrogens is 340 g/mol. The highest BCUT2D eigenvalue weighted by molar-refractivity contribution is 5.98. The van der Waals surface area contributed by atoms with E-state index in [0.717, 1.165) is 25.7 Å². The Morgan fingerprint density at radius 1 is 0.926 bits per heavy atom. The molecule has 0 aromatic heterocycles. The van der Waals surface area contributed by atoms with Gasteiger partial charge in [-0.3, -0.25) is 14.4 Å². The van der Waals surface area contributed by atoms with Crippen molar-refractivity contribution in [1.29, 1.82) is 0 Å². The van der Waals surface area contributed by atoms with Crippen LogP contribution in [0.1, 0.15) is 81.6 Å². The number of rotatable bonds is 7. The minimum atomic E-state index is -0.270. The monoisotopic (exact) mass is 372 g/mol. The fraction of sp³-hybridized carbons (Fsp3) is 0.591. The highest BCUT2D eigenvalue weighted by Crippen LogP contribution is 2.22. The molecule has 0 unspecified atom stereocenters. The van der Waals surface area contributed by atoms with E-state index in [1.165, 1.54) is 12.0 Å². The van der Waals surface area contributed by atoms with Crippen molar-refractivity contribution in [3.63, 3.8) is 0 Å². The molecule has 0 atom stereocenters. The van der Waals surface area contributed by atoms with E-state index in [1.54, 1.807) is 0 Å². The van der Waals surface area contributed by atoms with Crippen molar-refractivity contribution >= 4 is 17.6 Å². The maximum atomic E-state index is 12.3. The molecule has 1 aliphatic carbocycles. The van der Waals surface area contributed by atoms with Gasteiger partial charge < -0.3 is 10.6 Å². The summed E-state index contributed by atoms with van der Waals surface area (Å²) in [5.41, 5.74) is 1.83. The predicted octanol–water partition coefficient (Wildman–Crippen LogP) is 3.51. The molecule has 148 valence electrons. The van der Waals surface area contributed by atoms with Gasteiger partial charge in [-0.2, -0.15) is 0 Å². The number of benzene rings is 1. The molecule has 1 saturated carbocycles. The summed E-state index contributed by atoms with van der Waals surface area (Å²) in [4.78, 5) is 36.1. The van der Waals surface area contributed by atoms with Crippen LogP contribution in [-0.4, -0.2) is 30.2 Å². The van der Waals surface area contributed by atoms with E-state index in [-0.39, 0.29) is 48.4 Å². The first-order valence-corrected chi connectivity index (χ1v) is 9.95. The summed E-state index contributed by atoms with van der Waals surface area (Å²) >= 11 is 0. The lowest BCUT2D eigenvalue weighted by Gasteiger charge is -2.22. The Kier molecular flexibility index (Phi) is 7.57. The van der Waals surface area contributed by atoms with Gasteiger partial charge in [0.2, 0.25) is 11.8 Å². The third kappa shape index (κ3) is 7.16. The summed E-state index contributed by atoms with van der Waals surface area (Å²) in [6.07, 6.45) is 5.80. The van der Waals surface area contributed by atoms with Gasteiger partial charge >= 0.3 is 0 Å². The predicted molar refractivity (Wildman–Crippen MR) is 107 cm³/mol. The lowest BCUT2D eigenvalue weighted by atomic mass is 9.86. The molecule has 1 aromatic rings. The van der Waals surface area contributed by atoms with Crippen LogP contribution in [0.3, 0.4) is 0 Å². The SMILES string of the molecule is CC(C)(C)c1ccc(C(=O)CCC(=O)NCC(=O)NC2CCCCC2)cc1. The molecule has 5 nitrogen and oxygen atoms in total. The van der Waals surface area contributed by atoms with Crippen LogP contribution in [-0.2, 0) is 15.0 Å². The lowest BCUT2D eigenvalue weighted by Crippen LogP contribution is -2.42. The average molecular weight is 373 g/mol. The second-order valence-electron chi connectivity index (χ2n) is 8.43. The smallest absolute Gasteiger partial charge is 0.239 e. The largest absolute Gasteiger partial charge is 0.352 e. The summed E-state index contributed by atoms with van der Waals surface area (Å²) in [6, 6.07) is 7.80. The van der Waals surface area contributed by atoms with Crippen molar-refractivity contribution in [2.45, 2.75) is 77.2 Å². The van der Waals surface area contributed by atoms with Gasteiger partial charge in [0, 0.05) is 24.4 Å². The standard InChI is InChI=1S/C22H32N2O3/c1-22(2,3)17-11-9-16(10-12-17)19(25)13-14-20(26)23-15-21(27)24-18-7-5-4-6-8-18/h9-12,18H,4-8,13-15H2,1-3H3,(H,23,26)(H,24,27). The van der Waals surface area contributed by atoms with Crippen LogP contribution in [0.25, 0.3) is 0 Å². The number of hydrogen-bond acceptors (Lipinski definition) is 3. The third-order valence-corrected chi connectivity index (χ3v) is 5.07. The Morgan fingerprint density at radius 3 is 2.15 bits per heavy atom. The number of carbonyl (C=O) groups excluding carboxylic acids is 3. The fourth-order valence-electron chi connectivity index (χ4n) is 3.32. The Labute approximate surface area is 162 Å². The van der Waals surface area contributed by atoms with Gasteiger partial charge in [-0.25, -0.2) is 0 Å². The van der Waals surface area contributed by atoms with E-state index >= 15 is 0 Å². The molecule has 0 radical (unpaired) electrons. The fourth-order valence-corrected chi connectivity index (χ4v) is 3.32. The molecule has 0 bridgehead atoms. The zero-order valence-corrected chi connectivity index (χ0v) is 16.8. The van der Waals surface area contributed by atoms with Crippen molar-refractivity contribution in [2.75, 3.05) is 6.54 Å². The van der Waals surface area contributed by atoms with Crippen molar-refractivity contribution in [3.8, 4) is 0 Å². The molecule has 1 aliphatic rings. The highest BCUT2D eigenvalue weighted by atomic mass is 16.2.